The maximum absolute atomic E-state index is 13.3. The van der Waals surface area contributed by atoms with Gasteiger partial charge < -0.3 is 10.1 Å². The standard InChI is InChI=1S/C26H30N8O4S2/c1-17(30-23-20-8-6-7-19(22(20)28-16-29-23)21-9-4-5-10-27-21)15-33-11-13-34(14-12-33)40(36,37)24-18(2)31-25(39-24)32-26(35)38-3/h4-10,16-17H,11-15H2,1-3H3,(H,28,29,30)(H,31,32,35)/t17-/m0/s1. The van der Waals surface area contributed by atoms with Gasteiger partial charge in [0.05, 0.1) is 24.0 Å². The Hall–Kier alpha value is -3.72. The largest absolute Gasteiger partial charge is 0.453 e. The number of amides is 1. The molecule has 5 rings (SSSR count). The lowest BCUT2D eigenvalue weighted by molar-refractivity contribution is 0.184. The smallest absolute Gasteiger partial charge is 0.413 e. The van der Waals surface area contributed by atoms with Crippen molar-refractivity contribution in [3.05, 3.63) is 54.6 Å². The van der Waals surface area contributed by atoms with Crippen LogP contribution in [0, 0.1) is 6.92 Å². The van der Waals surface area contributed by atoms with E-state index in [2.05, 4.69) is 47.1 Å². The number of aryl methyl sites for hydroxylation is 1. The van der Waals surface area contributed by atoms with Gasteiger partial charge in [-0.15, -0.1) is 0 Å². The summed E-state index contributed by atoms with van der Waals surface area (Å²) in [4.78, 5) is 31.4. The summed E-state index contributed by atoms with van der Waals surface area (Å²) in [7, 11) is -2.50. The van der Waals surface area contributed by atoms with Gasteiger partial charge in [0.2, 0.25) is 0 Å². The van der Waals surface area contributed by atoms with Gasteiger partial charge in [0.25, 0.3) is 10.0 Å². The molecular formula is C26H30N8O4S2. The van der Waals surface area contributed by atoms with E-state index in [1.54, 1.807) is 19.4 Å². The zero-order valence-corrected chi connectivity index (χ0v) is 24.0. The van der Waals surface area contributed by atoms with Crippen LogP contribution in [0.15, 0.2) is 53.1 Å². The molecular weight excluding hydrogens is 552 g/mol. The fourth-order valence-corrected chi connectivity index (χ4v) is 7.64. The van der Waals surface area contributed by atoms with E-state index in [9.17, 15) is 13.2 Å². The number of hydrogen-bond acceptors (Lipinski definition) is 11. The van der Waals surface area contributed by atoms with Gasteiger partial charge in [-0.25, -0.2) is 28.2 Å². The van der Waals surface area contributed by atoms with E-state index in [1.807, 2.05) is 36.4 Å². The average Bonchev–Trinajstić information content (AvgIpc) is 3.34. The molecule has 2 N–H and O–H groups in total. The normalized spacial score (nSPS) is 15.6. The summed E-state index contributed by atoms with van der Waals surface area (Å²) in [5.74, 6) is 0.744. The highest BCUT2D eigenvalue weighted by Crippen LogP contribution is 2.31. The van der Waals surface area contributed by atoms with Crippen LogP contribution in [0.3, 0.4) is 0 Å². The van der Waals surface area contributed by atoms with Crippen molar-refractivity contribution in [1.82, 2.24) is 29.1 Å². The second-order valence-electron chi connectivity index (χ2n) is 9.40. The van der Waals surface area contributed by atoms with Crippen LogP contribution in [0.25, 0.3) is 22.2 Å². The molecule has 0 aliphatic carbocycles. The second kappa shape index (κ2) is 11.8. The number of ether oxygens (including phenoxy) is 1. The first-order valence-corrected chi connectivity index (χ1v) is 15.0. The molecule has 1 aliphatic heterocycles. The van der Waals surface area contributed by atoms with Crippen molar-refractivity contribution in [3.8, 4) is 11.3 Å². The first-order chi connectivity index (χ1) is 19.3. The van der Waals surface area contributed by atoms with Crippen molar-refractivity contribution in [2.45, 2.75) is 24.1 Å². The predicted molar refractivity (Wildman–Crippen MR) is 154 cm³/mol. The highest BCUT2D eigenvalue weighted by atomic mass is 32.2. The van der Waals surface area contributed by atoms with Crippen molar-refractivity contribution in [2.24, 2.45) is 0 Å². The molecule has 4 heterocycles. The number of nitrogens with zero attached hydrogens (tertiary/aromatic N) is 6. The molecule has 14 heteroatoms. The number of nitrogens with one attached hydrogen (secondary N) is 2. The highest BCUT2D eigenvalue weighted by Gasteiger charge is 2.32. The fraction of sp³-hybridized carbons (Fsp3) is 0.346. The zero-order valence-electron chi connectivity index (χ0n) is 22.4. The molecule has 210 valence electrons. The number of para-hydroxylation sites is 1. The average molecular weight is 583 g/mol. The van der Waals surface area contributed by atoms with Crippen LogP contribution >= 0.6 is 11.3 Å². The molecule has 0 bridgehead atoms. The number of piperazine rings is 1. The molecule has 3 aromatic heterocycles. The summed E-state index contributed by atoms with van der Waals surface area (Å²) in [6.45, 7) is 6.30. The van der Waals surface area contributed by atoms with E-state index < -0.39 is 16.1 Å². The van der Waals surface area contributed by atoms with Gasteiger partial charge in [-0.1, -0.05) is 29.5 Å². The number of aromatic nitrogens is 4. The molecule has 4 aromatic rings. The first-order valence-electron chi connectivity index (χ1n) is 12.7. The lowest BCUT2D eigenvalue weighted by atomic mass is 10.1. The van der Waals surface area contributed by atoms with Gasteiger partial charge in [0.1, 0.15) is 12.1 Å². The Morgan fingerprint density at radius 3 is 2.62 bits per heavy atom. The van der Waals surface area contributed by atoms with Crippen LogP contribution in [-0.2, 0) is 14.8 Å². The van der Waals surface area contributed by atoms with Crippen molar-refractivity contribution in [2.75, 3.05) is 50.5 Å². The van der Waals surface area contributed by atoms with Crippen LogP contribution in [0.2, 0.25) is 0 Å². The lowest BCUT2D eigenvalue weighted by Crippen LogP contribution is -2.50. The number of carbonyl (C=O) groups excluding carboxylic acids is 1. The molecule has 40 heavy (non-hydrogen) atoms. The van der Waals surface area contributed by atoms with E-state index in [0.29, 0.717) is 38.4 Å². The Balaban J connectivity index is 1.22. The minimum atomic E-state index is -3.73. The third-order valence-corrected chi connectivity index (χ3v) is 10.1. The topological polar surface area (TPSA) is 143 Å². The van der Waals surface area contributed by atoms with Crippen LogP contribution in [-0.4, -0.2) is 89.5 Å². The quantitative estimate of drug-likeness (QED) is 0.317. The van der Waals surface area contributed by atoms with Crippen LogP contribution in [0.1, 0.15) is 12.6 Å². The van der Waals surface area contributed by atoms with E-state index in [-0.39, 0.29) is 15.4 Å². The minimum absolute atomic E-state index is 0.0514. The van der Waals surface area contributed by atoms with Crippen LogP contribution in [0.5, 0.6) is 0 Å². The summed E-state index contributed by atoms with van der Waals surface area (Å²) in [6.07, 6.45) is 2.62. The molecule has 1 aromatic carbocycles. The molecule has 1 saturated heterocycles. The molecule has 0 radical (unpaired) electrons. The van der Waals surface area contributed by atoms with Crippen molar-refractivity contribution < 1.29 is 17.9 Å². The zero-order chi connectivity index (χ0) is 28.3. The second-order valence-corrected chi connectivity index (χ2v) is 12.5. The van der Waals surface area contributed by atoms with Crippen molar-refractivity contribution >= 4 is 49.3 Å². The third-order valence-electron chi connectivity index (χ3n) is 6.57. The van der Waals surface area contributed by atoms with E-state index >= 15 is 0 Å². The van der Waals surface area contributed by atoms with Gasteiger partial charge in [0.15, 0.2) is 9.34 Å². The Bertz CT molecular complexity index is 1610. The number of anilines is 2. The van der Waals surface area contributed by atoms with Gasteiger partial charge >= 0.3 is 6.09 Å². The molecule has 0 spiro atoms. The molecule has 12 nitrogen and oxygen atoms in total. The predicted octanol–water partition coefficient (Wildman–Crippen LogP) is 3.44. The first kappa shape index (κ1) is 27.8. The lowest BCUT2D eigenvalue weighted by Gasteiger charge is -2.35. The summed E-state index contributed by atoms with van der Waals surface area (Å²) >= 11 is 0.925. The summed E-state index contributed by atoms with van der Waals surface area (Å²) in [5.41, 5.74) is 2.97. The number of fused-ring (bicyclic) bond motifs is 1. The number of methoxy groups -OCH3 is 1. The Labute approximate surface area is 236 Å². The van der Waals surface area contributed by atoms with Gasteiger partial charge in [-0.05, 0) is 32.0 Å². The summed E-state index contributed by atoms with van der Waals surface area (Å²) in [6, 6.07) is 11.8. The van der Waals surface area contributed by atoms with Crippen LogP contribution < -0.4 is 10.6 Å². The highest BCUT2D eigenvalue weighted by molar-refractivity contribution is 7.91. The number of thiazole rings is 1. The van der Waals surface area contributed by atoms with Gasteiger partial charge in [-0.3, -0.25) is 15.2 Å². The fourth-order valence-electron chi connectivity index (χ4n) is 4.68. The SMILES string of the molecule is COC(=O)Nc1nc(C)c(S(=O)(=O)N2CCN(C[C@H](C)Nc3ncnc4c(-c5ccccn5)cccc34)CC2)s1. The third kappa shape index (κ3) is 5.89. The monoisotopic (exact) mass is 582 g/mol. The summed E-state index contributed by atoms with van der Waals surface area (Å²) in [5, 5.41) is 7.04. The number of carbonyl (C=O) groups is 1. The molecule has 1 fully saturated rings. The molecule has 1 atom stereocenters. The Morgan fingerprint density at radius 1 is 1.10 bits per heavy atom. The van der Waals surface area contributed by atoms with Crippen molar-refractivity contribution in [3.63, 3.8) is 0 Å². The number of sulfonamides is 1. The number of benzene rings is 1. The summed E-state index contributed by atoms with van der Waals surface area (Å²) < 4.78 is 32.8. The van der Waals surface area contributed by atoms with E-state index in [1.165, 1.54) is 11.4 Å². The van der Waals surface area contributed by atoms with Gasteiger partial charge in [-0.2, -0.15) is 4.31 Å². The van der Waals surface area contributed by atoms with Gasteiger partial charge in [0, 0.05) is 55.9 Å². The maximum atomic E-state index is 13.3. The Morgan fingerprint density at radius 2 is 1.90 bits per heavy atom. The maximum Gasteiger partial charge on any atom is 0.413 e. The molecule has 1 amide bonds. The number of hydrogen-bond donors (Lipinski definition) is 2. The Kier molecular flexibility index (Phi) is 8.21. The number of pyridine rings is 1. The molecule has 0 unspecified atom stereocenters. The van der Waals surface area contributed by atoms with Crippen LogP contribution in [0.4, 0.5) is 15.7 Å². The van der Waals surface area contributed by atoms with Crippen molar-refractivity contribution in [1.29, 1.82) is 0 Å². The minimum Gasteiger partial charge on any atom is -0.453 e. The molecule has 0 saturated carbocycles. The van der Waals surface area contributed by atoms with E-state index in [0.717, 1.165) is 39.3 Å². The number of rotatable bonds is 8. The van der Waals surface area contributed by atoms with E-state index in [4.69, 9.17) is 0 Å². The molecule has 1 aliphatic rings.